The lowest BCUT2D eigenvalue weighted by Crippen LogP contribution is -2.26. The number of alkyl halides is 2. The Bertz CT molecular complexity index is 862. The lowest BCUT2D eigenvalue weighted by molar-refractivity contribution is 0.0754. The minimum Gasteiger partial charge on any atom is -0.328 e. The molecule has 0 atom stereocenters. The summed E-state index contributed by atoms with van der Waals surface area (Å²) in [6.45, 7) is 2.26. The molecule has 0 fully saturated rings. The molecule has 122 valence electrons. The van der Waals surface area contributed by atoms with Crippen molar-refractivity contribution in [3.8, 4) is 0 Å². The maximum absolute atomic E-state index is 12.6. The normalized spacial score (nSPS) is 13.7. The highest BCUT2D eigenvalue weighted by molar-refractivity contribution is 7.13. The smallest absolute Gasteiger partial charge is 0.289 e. The average Bonchev–Trinajstić information content (AvgIpc) is 3.17. The lowest BCUT2D eigenvalue weighted by atomic mass is 10.1. The Morgan fingerprint density at radius 1 is 1.43 bits per heavy atom. The maximum Gasteiger partial charge on any atom is 0.289 e. The van der Waals surface area contributed by atoms with Crippen molar-refractivity contribution in [1.82, 2.24) is 14.5 Å². The van der Waals surface area contributed by atoms with Gasteiger partial charge in [-0.25, -0.2) is 13.8 Å². The molecule has 1 amide bonds. The first-order chi connectivity index (χ1) is 10.8. The van der Waals surface area contributed by atoms with Crippen LogP contribution in [-0.4, -0.2) is 20.4 Å². The van der Waals surface area contributed by atoms with Gasteiger partial charge in [0.05, 0.1) is 12.7 Å². The van der Waals surface area contributed by atoms with Crippen LogP contribution in [0.2, 0.25) is 5.02 Å². The molecule has 1 aliphatic rings. The van der Waals surface area contributed by atoms with Crippen molar-refractivity contribution >= 4 is 28.8 Å². The second-order valence-electron chi connectivity index (χ2n) is 5.25. The number of aromatic nitrogens is 2. The van der Waals surface area contributed by atoms with Gasteiger partial charge in [-0.3, -0.25) is 9.59 Å². The fraction of sp³-hybridized carbons (Fsp3) is 0.357. The number of amides is 1. The Hall–Kier alpha value is -1.80. The summed E-state index contributed by atoms with van der Waals surface area (Å²) in [6, 6.07) is 0. The topological polar surface area (TPSA) is 55.2 Å². The molecule has 1 aliphatic heterocycles. The highest BCUT2D eigenvalue weighted by Gasteiger charge is 2.30. The first kappa shape index (κ1) is 16.1. The largest absolute Gasteiger partial charge is 0.328 e. The van der Waals surface area contributed by atoms with Gasteiger partial charge in [-0.15, -0.1) is 11.3 Å². The highest BCUT2D eigenvalue weighted by Crippen LogP contribution is 2.30. The molecule has 0 aliphatic carbocycles. The number of carbonyl (C=O) groups is 1. The predicted molar refractivity (Wildman–Crippen MR) is 82.1 cm³/mol. The first-order valence-corrected chi connectivity index (χ1v) is 7.90. The number of pyridine rings is 1. The third-order valence-electron chi connectivity index (χ3n) is 3.93. The zero-order valence-electron chi connectivity index (χ0n) is 12.3. The van der Waals surface area contributed by atoms with E-state index in [0.717, 1.165) is 11.8 Å². The maximum atomic E-state index is 12.6. The van der Waals surface area contributed by atoms with Crippen molar-refractivity contribution in [3.05, 3.63) is 48.3 Å². The van der Waals surface area contributed by atoms with Crippen LogP contribution in [-0.2, 0) is 20.1 Å². The van der Waals surface area contributed by atoms with Crippen molar-refractivity contribution in [3.63, 3.8) is 0 Å². The molecule has 0 bridgehead atoms. The molecule has 0 unspecified atom stereocenters. The van der Waals surface area contributed by atoms with E-state index in [1.54, 1.807) is 14.0 Å². The van der Waals surface area contributed by atoms with Gasteiger partial charge in [-0.2, -0.15) is 0 Å². The molecule has 3 heterocycles. The Labute approximate surface area is 139 Å². The summed E-state index contributed by atoms with van der Waals surface area (Å²) >= 11 is 6.70. The Morgan fingerprint density at radius 2 is 2.13 bits per heavy atom. The summed E-state index contributed by atoms with van der Waals surface area (Å²) in [4.78, 5) is 29.7. The van der Waals surface area contributed by atoms with Gasteiger partial charge in [-0.05, 0) is 18.1 Å². The molecule has 3 rings (SSSR count). The van der Waals surface area contributed by atoms with E-state index in [4.69, 9.17) is 11.6 Å². The van der Waals surface area contributed by atoms with Gasteiger partial charge in [0.2, 0.25) is 0 Å². The van der Waals surface area contributed by atoms with E-state index in [9.17, 15) is 18.4 Å². The number of fused-ring (bicyclic) bond motifs is 1. The molecule has 2 aromatic heterocycles. The van der Waals surface area contributed by atoms with Crippen molar-refractivity contribution in [2.24, 2.45) is 7.05 Å². The van der Waals surface area contributed by atoms with Gasteiger partial charge < -0.3 is 9.47 Å². The Balaban J connectivity index is 1.93. The molecule has 0 saturated heterocycles. The first-order valence-electron chi connectivity index (χ1n) is 6.71. The fourth-order valence-electron chi connectivity index (χ4n) is 2.61. The SMILES string of the molecule is Cc1c2c(n(C)c(=O)c1Cl)CN(C(=O)c1cnc(C(F)F)s1)C2. The third-order valence-corrected chi connectivity index (χ3v) is 5.36. The number of rotatable bonds is 2. The molecule has 9 heteroatoms. The molecule has 0 aromatic carbocycles. The van der Waals surface area contributed by atoms with Crippen LogP contribution in [0.15, 0.2) is 11.0 Å². The van der Waals surface area contributed by atoms with Crippen LogP contribution in [0.5, 0.6) is 0 Å². The number of hydrogen-bond acceptors (Lipinski definition) is 4. The zero-order chi connectivity index (χ0) is 16.9. The fourth-order valence-corrected chi connectivity index (χ4v) is 3.59. The summed E-state index contributed by atoms with van der Waals surface area (Å²) < 4.78 is 26.6. The van der Waals surface area contributed by atoms with Crippen LogP contribution in [0, 0.1) is 6.92 Å². The summed E-state index contributed by atoms with van der Waals surface area (Å²) in [5.41, 5.74) is 1.88. The van der Waals surface area contributed by atoms with Crippen molar-refractivity contribution < 1.29 is 13.6 Å². The van der Waals surface area contributed by atoms with Gasteiger partial charge >= 0.3 is 0 Å². The molecule has 0 spiro atoms. The van der Waals surface area contributed by atoms with Crippen LogP contribution < -0.4 is 5.56 Å². The van der Waals surface area contributed by atoms with E-state index in [0.29, 0.717) is 22.6 Å². The van der Waals surface area contributed by atoms with E-state index >= 15 is 0 Å². The van der Waals surface area contributed by atoms with Gasteiger partial charge in [0.15, 0.2) is 5.01 Å². The number of carbonyl (C=O) groups excluding carboxylic acids is 1. The van der Waals surface area contributed by atoms with Crippen LogP contribution in [0.25, 0.3) is 0 Å². The van der Waals surface area contributed by atoms with Crippen LogP contribution in [0.3, 0.4) is 0 Å². The quantitative estimate of drug-likeness (QED) is 0.828. The van der Waals surface area contributed by atoms with Crippen LogP contribution in [0.1, 0.15) is 37.9 Å². The molecule has 0 N–H and O–H groups in total. The van der Waals surface area contributed by atoms with Crippen LogP contribution in [0.4, 0.5) is 8.78 Å². The van der Waals surface area contributed by atoms with Gasteiger partial charge in [0, 0.05) is 19.3 Å². The molecule has 0 radical (unpaired) electrons. The summed E-state index contributed by atoms with van der Waals surface area (Å²) in [5.74, 6) is -0.381. The van der Waals surface area contributed by atoms with E-state index in [2.05, 4.69) is 4.98 Å². The second-order valence-corrected chi connectivity index (χ2v) is 6.69. The molecule has 5 nitrogen and oxygen atoms in total. The van der Waals surface area contributed by atoms with E-state index < -0.39 is 6.43 Å². The van der Waals surface area contributed by atoms with Crippen molar-refractivity contribution in [1.29, 1.82) is 0 Å². The zero-order valence-corrected chi connectivity index (χ0v) is 13.8. The highest BCUT2D eigenvalue weighted by atomic mass is 35.5. The number of hydrogen-bond donors (Lipinski definition) is 0. The number of halogens is 3. The minimum atomic E-state index is -2.70. The summed E-state index contributed by atoms with van der Waals surface area (Å²) in [5, 5.41) is -0.241. The van der Waals surface area contributed by atoms with Crippen molar-refractivity contribution in [2.75, 3.05) is 0 Å². The number of thiazole rings is 1. The van der Waals surface area contributed by atoms with E-state index in [1.807, 2.05) is 0 Å². The molecule has 23 heavy (non-hydrogen) atoms. The number of nitrogens with zero attached hydrogens (tertiary/aromatic N) is 3. The molecule has 2 aromatic rings. The van der Waals surface area contributed by atoms with Crippen molar-refractivity contribution in [2.45, 2.75) is 26.4 Å². The van der Waals surface area contributed by atoms with Crippen LogP contribution >= 0.6 is 22.9 Å². The summed E-state index contributed by atoms with van der Waals surface area (Å²) in [6.07, 6.45) is -1.53. The standard InChI is InChI=1S/C14H12ClF2N3O2S/c1-6-7-4-20(5-8(7)19(2)14(22)10(6)15)13(21)9-3-18-12(23-9)11(16)17/h3,11H,4-5H2,1-2H3. The lowest BCUT2D eigenvalue weighted by Gasteiger charge is -2.13. The minimum absolute atomic E-state index is 0.137. The Kier molecular flexibility index (Phi) is 3.97. The predicted octanol–water partition coefficient (Wildman–Crippen LogP) is 2.90. The van der Waals surface area contributed by atoms with Gasteiger partial charge in [-0.1, -0.05) is 11.6 Å². The van der Waals surface area contributed by atoms with Gasteiger partial charge in [0.1, 0.15) is 9.90 Å². The molecular weight excluding hydrogens is 348 g/mol. The second kappa shape index (κ2) is 5.68. The monoisotopic (exact) mass is 359 g/mol. The van der Waals surface area contributed by atoms with E-state index in [-0.39, 0.29) is 39.5 Å². The van der Waals surface area contributed by atoms with E-state index in [1.165, 1.54) is 9.47 Å². The molecule has 0 saturated carbocycles. The summed E-state index contributed by atoms with van der Waals surface area (Å²) in [7, 11) is 1.60. The van der Waals surface area contributed by atoms with Gasteiger partial charge in [0.25, 0.3) is 17.9 Å². The Morgan fingerprint density at radius 3 is 2.74 bits per heavy atom. The average molecular weight is 360 g/mol. The molecular formula is C14H12ClF2N3O2S. The third kappa shape index (κ3) is 2.55.